The van der Waals surface area contributed by atoms with Crippen LogP contribution >= 0.6 is 0 Å². The molecule has 0 saturated heterocycles. The van der Waals surface area contributed by atoms with Crippen LogP contribution < -0.4 is 11.1 Å². The fourth-order valence-electron chi connectivity index (χ4n) is 2.00. The van der Waals surface area contributed by atoms with Crippen molar-refractivity contribution in [1.82, 2.24) is 9.97 Å². The monoisotopic (exact) mass is 302 g/mol. The van der Waals surface area contributed by atoms with Crippen molar-refractivity contribution in [2.24, 2.45) is 0 Å². The van der Waals surface area contributed by atoms with Gasteiger partial charge in [-0.2, -0.15) is 0 Å². The second-order valence-electron chi connectivity index (χ2n) is 5.59. The highest BCUT2D eigenvalue weighted by Gasteiger charge is 2.21. The van der Waals surface area contributed by atoms with Crippen LogP contribution in [0.15, 0.2) is 31.1 Å². The van der Waals surface area contributed by atoms with Crippen molar-refractivity contribution >= 4 is 17.1 Å². The number of nitrogens with one attached hydrogen (secondary N) is 1. The molecular formula is C16H19FN4O. The van der Waals surface area contributed by atoms with Crippen molar-refractivity contribution < 1.29 is 9.50 Å². The van der Waals surface area contributed by atoms with Crippen LogP contribution in [-0.4, -0.2) is 15.1 Å². The van der Waals surface area contributed by atoms with E-state index in [1.165, 1.54) is 32.3 Å². The van der Waals surface area contributed by atoms with Gasteiger partial charge in [-0.15, -0.1) is 0 Å². The van der Waals surface area contributed by atoms with Crippen LogP contribution in [0.25, 0.3) is 5.70 Å². The van der Waals surface area contributed by atoms with E-state index in [1.807, 2.05) is 6.92 Å². The average molecular weight is 302 g/mol. The maximum Gasteiger partial charge on any atom is 0.147 e. The fraction of sp³-hybridized carbons (Fsp3) is 0.250. The molecule has 2 aromatic rings. The summed E-state index contributed by atoms with van der Waals surface area (Å²) in [5, 5.41) is 12.4. The lowest BCUT2D eigenvalue weighted by molar-refractivity contribution is 0.214. The molecule has 6 heteroatoms. The lowest BCUT2D eigenvalue weighted by Crippen LogP contribution is -2.13. The molecule has 0 aliphatic carbocycles. The highest BCUT2D eigenvalue weighted by atomic mass is 19.1. The number of nitrogens with zero attached hydrogens (tertiary/aromatic N) is 2. The van der Waals surface area contributed by atoms with Gasteiger partial charge >= 0.3 is 0 Å². The van der Waals surface area contributed by atoms with Crippen LogP contribution in [0, 0.1) is 6.92 Å². The first-order valence-corrected chi connectivity index (χ1v) is 6.75. The molecular weight excluding hydrogens is 283 g/mol. The second kappa shape index (κ2) is 5.63. The summed E-state index contributed by atoms with van der Waals surface area (Å²) < 4.78 is 13.9. The molecule has 0 unspecified atom stereocenters. The zero-order chi connectivity index (χ0) is 16.5. The van der Waals surface area contributed by atoms with Crippen LogP contribution in [0.3, 0.4) is 0 Å². The third-order valence-electron chi connectivity index (χ3n) is 3.18. The third-order valence-corrected chi connectivity index (χ3v) is 3.18. The molecule has 0 spiro atoms. The van der Waals surface area contributed by atoms with Crippen molar-refractivity contribution in [1.29, 1.82) is 0 Å². The lowest BCUT2D eigenvalue weighted by Gasteiger charge is -2.17. The van der Waals surface area contributed by atoms with Crippen molar-refractivity contribution in [3.05, 3.63) is 48.1 Å². The number of alkyl halides is 1. The predicted molar refractivity (Wildman–Crippen MR) is 86.1 cm³/mol. The van der Waals surface area contributed by atoms with E-state index in [1.54, 1.807) is 6.07 Å². The molecule has 2 heterocycles. The zero-order valence-corrected chi connectivity index (χ0v) is 12.8. The Hall–Kier alpha value is -2.63. The summed E-state index contributed by atoms with van der Waals surface area (Å²) in [6.07, 6.45) is 2.80. The summed E-state index contributed by atoms with van der Waals surface area (Å²) in [6.45, 7) is 8.56. The van der Waals surface area contributed by atoms with Crippen LogP contribution in [0.5, 0.6) is 5.75 Å². The van der Waals surface area contributed by atoms with Crippen LogP contribution in [0.2, 0.25) is 0 Å². The fourth-order valence-corrected chi connectivity index (χ4v) is 2.00. The molecule has 5 nitrogen and oxygen atoms in total. The minimum atomic E-state index is -1.56. The van der Waals surface area contributed by atoms with Crippen LogP contribution in [0.4, 0.5) is 15.8 Å². The molecule has 0 amide bonds. The molecule has 2 aromatic heterocycles. The minimum absolute atomic E-state index is 0.0877. The highest BCUT2D eigenvalue weighted by molar-refractivity contribution is 5.80. The van der Waals surface area contributed by atoms with E-state index in [0.29, 0.717) is 22.8 Å². The number of rotatable bonds is 4. The molecule has 116 valence electrons. The van der Waals surface area contributed by atoms with Crippen molar-refractivity contribution in [2.75, 3.05) is 11.1 Å². The first-order valence-electron chi connectivity index (χ1n) is 6.75. The molecule has 4 N–H and O–H groups in total. The summed E-state index contributed by atoms with van der Waals surface area (Å²) >= 11 is 0. The third kappa shape index (κ3) is 3.33. The lowest BCUT2D eigenvalue weighted by atomic mass is 10.1. The van der Waals surface area contributed by atoms with E-state index in [4.69, 9.17) is 5.73 Å². The first kappa shape index (κ1) is 15.8. The molecule has 0 atom stereocenters. The summed E-state index contributed by atoms with van der Waals surface area (Å²) in [5.41, 5.74) is 7.42. The van der Waals surface area contributed by atoms with Crippen LogP contribution in [0.1, 0.15) is 30.8 Å². The molecule has 0 aromatic carbocycles. The van der Waals surface area contributed by atoms with E-state index in [-0.39, 0.29) is 11.4 Å². The number of nitrogens with two attached hydrogens (primary N) is 1. The number of nitrogen functional groups attached to an aromatic ring is 1. The number of halogens is 1. The Morgan fingerprint density at radius 3 is 2.55 bits per heavy atom. The first-order chi connectivity index (χ1) is 10.2. The summed E-state index contributed by atoms with van der Waals surface area (Å²) in [7, 11) is 0. The van der Waals surface area contributed by atoms with E-state index >= 15 is 0 Å². The Morgan fingerprint density at radius 2 is 2.00 bits per heavy atom. The molecule has 0 aliphatic heterocycles. The molecule has 2 rings (SSSR count). The molecule has 0 bridgehead atoms. The maximum atomic E-state index is 13.9. The number of hydrogen-bond donors (Lipinski definition) is 3. The Kier molecular flexibility index (Phi) is 4.03. The number of hydrogen-bond acceptors (Lipinski definition) is 5. The summed E-state index contributed by atoms with van der Waals surface area (Å²) in [5.74, 6) is 0.0877. The van der Waals surface area contributed by atoms with Gasteiger partial charge in [0, 0.05) is 0 Å². The number of aryl methyl sites for hydroxylation is 1. The van der Waals surface area contributed by atoms with Gasteiger partial charge in [-0.05, 0) is 38.5 Å². The Bertz CT molecular complexity index is 723. The van der Waals surface area contributed by atoms with Gasteiger partial charge in [0.2, 0.25) is 0 Å². The van der Waals surface area contributed by atoms with E-state index in [0.717, 1.165) is 5.56 Å². The van der Waals surface area contributed by atoms with E-state index < -0.39 is 5.67 Å². The van der Waals surface area contributed by atoms with E-state index in [2.05, 4.69) is 21.9 Å². The topological polar surface area (TPSA) is 84.1 Å². The van der Waals surface area contributed by atoms with Gasteiger partial charge in [0.15, 0.2) is 0 Å². The van der Waals surface area contributed by atoms with Gasteiger partial charge < -0.3 is 16.2 Å². The Balaban J connectivity index is 2.25. The minimum Gasteiger partial charge on any atom is -0.506 e. The normalized spacial score (nSPS) is 11.3. The van der Waals surface area contributed by atoms with Crippen molar-refractivity contribution in [2.45, 2.75) is 26.4 Å². The van der Waals surface area contributed by atoms with Crippen molar-refractivity contribution in [3.63, 3.8) is 0 Å². The summed E-state index contributed by atoms with van der Waals surface area (Å²) in [6, 6.07) is 3.08. The van der Waals surface area contributed by atoms with Gasteiger partial charge in [0.05, 0.1) is 40.9 Å². The second-order valence-corrected chi connectivity index (χ2v) is 5.59. The number of anilines is 2. The number of aromatic nitrogens is 2. The SMILES string of the molecule is C=C(Nc1cnc(C(C)(C)F)cc1N)c1ncc(O)cc1C. The average Bonchev–Trinajstić information content (AvgIpc) is 2.39. The van der Waals surface area contributed by atoms with Gasteiger partial charge in [-0.3, -0.25) is 9.97 Å². The highest BCUT2D eigenvalue weighted by Crippen LogP contribution is 2.29. The zero-order valence-electron chi connectivity index (χ0n) is 12.8. The predicted octanol–water partition coefficient (Wildman–Crippen LogP) is 3.36. The van der Waals surface area contributed by atoms with Gasteiger partial charge in [0.1, 0.15) is 11.4 Å². The van der Waals surface area contributed by atoms with Crippen molar-refractivity contribution in [3.8, 4) is 5.75 Å². The van der Waals surface area contributed by atoms with E-state index in [9.17, 15) is 9.50 Å². The number of pyridine rings is 2. The molecule has 0 saturated carbocycles. The molecule has 0 radical (unpaired) electrons. The molecule has 22 heavy (non-hydrogen) atoms. The smallest absolute Gasteiger partial charge is 0.147 e. The largest absolute Gasteiger partial charge is 0.506 e. The Labute approximate surface area is 128 Å². The van der Waals surface area contributed by atoms with Gasteiger partial charge in [-0.1, -0.05) is 6.58 Å². The van der Waals surface area contributed by atoms with Crippen LogP contribution in [-0.2, 0) is 5.67 Å². The van der Waals surface area contributed by atoms with Gasteiger partial charge in [0.25, 0.3) is 0 Å². The Morgan fingerprint density at radius 1 is 1.32 bits per heavy atom. The molecule has 0 aliphatic rings. The summed E-state index contributed by atoms with van der Waals surface area (Å²) in [4.78, 5) is 8.20. The van der Waals surface area contributed by atoms with Gasteiger partial charge in [-0.25, -0.2) is 4.39 Å². The number of aromatic hydroxyl groups is 1. The standard InChI is InChI=1S/C16H19FN4O/c1-9-5-11(22)7-20-15(9)10(2)21-13-8-19-14(6-12(13)18)16(3,4)17/h5-8,21-22H,2H2,1,3-4H3,(H2,18,19). The quantitative estimate of drug-likeness (QED) is 0.806. The maximum absolute atomic E-state index is 13.9. The molecule has 0 fully saturated rings.